The lowest BCUT2D eigenvalue weighted by Gasteiger charge is -2.35. The zero-order valence-corrected chi connectivity index (χ0v) is 15.8. The van der Waals surface area contributed by atoms with E-state index < -0.39 is 8.32 Å². The van der Waals surface area contributed by atoms with Gasteiger partial charge in [-0.05, 0) is 24.2 Å². The Hall–Kier alpha value is -1.37. The van der Waals surface area contributed by atoms with E-state index >= 15 is 0 Å². The third kappa shape index (κ3) is 5.79. The molecule has 1 heterocycles. The van der Waals surface area contributed by atoms with Gasteiger partial charge in [-0.25, -0.2) is 0 Å². The van der Waals surface area contributed by atoms with Crippen LogP contribution in [0.15, 0.2) is 37.1 Å². The van der Waals surface area contributed by atoms with Gasteiger partial charge >= 0.3 is 0 Å². The molecule has 1 aromatic rings. The fraction of sp³-hybridized carbons (Fsp3) is 0.526. The van der Waals surface area contributed by atoms with Gasteiger partial charge < -0.3 is 4.43 Å². The van der Waals surface area contributed by atoms with Crippen LogP contribution < -0.4 is 4.57 Å². The molecule has 0 atom stereocenters. The van der Waals surface area contributed by atoms with Crippen LogP contribution >= 0.6 is 0 Å². The first-order chi connectivity index (χ1) is 10.3. The Labute approximate surface area is 137 Å². The van der Waals surface area contributed by atoms with Crippen molar-refractivity contribution in [3.05, 3.63) is 42.7 Å². The number of aromatic nitrogens is 1. The second-order valence-electron chi connectivity index (χ2n) is 7.02. The van der Waals surface area contributed by atoms with E-state index in [0.717, 1.165) is 31.7 Å². The molecule has 3 heteroatoms. The van der Waals surface area contributed by atoms with Gasteiger partial charge in [-0.15, -0.1) is 6.58 Å². The van der Waals surface area contributed by atoms with E-state index in [0.29, 0.717) is 0 Å². The van der Waals surface area contributed by atoms with Gasteiger partial charge in [-0.2, -0.15) is 4.57 Å². The van der Waals surface area contributed by atoms with Crippen LogP contribution in [0.5, 0.6) is 0 Å². The predicted molar refractivity (Wildman–Crippen MR) is 96.1 cm³/mol. The summed E-state index contributed by atoms with van der Waals surface area (Å²) in [5.74, 6) is 6.50. The molecule has 22 heavy (non-hydrogen) atoms. The molecule has 0 saturated carbocycles. The van der Waals surface area contributed by atoms with Crippen molar-refractivity contribution in [3.63, 3.8) is 0 Å². The number of allylic oxidation sites excluding steroid dienone is 1. The summed E-state index contributed by atoms with van der Waals surface area (Å²) >= 11 is 0. The van der Waals surface area contributed by atoms with Crippen LogP contribution in [0.3, 0.4) is 0 Å². The zero-order valence-electron chi connectivity index (χ0n) is 14.8. The number of pyridine rings is 1. The van der Waals surface area contributed by atoms with Gasteiger partial charge in [0, 0.05) is 37.5 Å². The molecule has 1 aromatic heterocycles. The second kappa shape index (κ2) is 8.31. The van der Waals surface area contributed by atoms with Crippen molar-refractivity contribution in [2.24, 2.45) is 0 Å². The fourth-order valence-corrected chi connectivity index (χ4v) is 2.79. The summed E-state index contributed by atoms with van der Waals surface area (Å²) in [4.78, 5) is 0. The van der Waals surface area contributed by atoms with Crippen LogP contribution in [0.2, 0.25) is 18.1 Å². The van der Waals surface area contributed by atoms with Gasteiger partial charge in [0.1, 0.15) is 0 Å². The van der Waals surface area contributed by atoms with Crippen molar-refractivity contribution >= 4 is 8.32 Å². The number of nitrogens with zero attached hydrogens (tertiary/aromatic N) is 1. The highest BCUT2D eigenvalue weighted by Crippen LogP contribution is 2.36. The van der Waals surface area contributed by atoms with E-state index in [-0.39, 0.29) is 5.04 Å². The Morgan fingerprint density at radius 2 is 2.05 bits per heavy atom. The maximum Gasteiger partial charge on any atom is 0.256 e. The first kappa shape index (κ1) is 18.7. The van der Waals surface area contributed by atoms with E-state index in [2.05, 4.69) is 69.1 Å². The molecule has 0 aliphatic carbocycles. The third-order valence-corrected chi connectivity index (χ3v) is 8.77. The van der Waals surface area contributed by atoms with E-state index in [1.807, 2.05) is 18.2 Å². The van der Waals surface area contributed by atoms with Crippen LogP contribution in [0.4, 0.5) is 0 Å². The Bertz CT molecular complexity index is 547. The molecule has 0 fully saturated rings. The Balaban J connectivity index is 2.57. The Morgan fingerprint density at radius 3 is 2.68 bits per heavy atom. The first-order valence-corrected chi connectivity index (χ1v) is 10.9. The summed E-state index contributed by atoms with van der Waals surface area (Å²) in [7, 11) is -1.65. The van der Waals surface area contributed by atoms with Crippen LogP contribution in [0, 0.1) is 11.8 Å². The fourth-order valence-electron chi connectivity index (χ4n) is 1.74. The lowest BCUT2D eigenvalue weighted by atomic mass is 10.2. The van der Waals surface area contributed by atoms with Crippen molar-refractivity contribution in [3.8, 4) is 11.8 Å². The molecule has 0 radical (unpaired) electrons. The molecule has 0 aliphatic rings. The van der Waals surface area contributed by atoms with Gasteiger partial charge in [0.2, 0.25) is 0 Å². The minimum absolute atomic E-state index is 0.258. The van der Waals surface area contributed by atoms with Crippen molar-refractivity contribution in [1.82, 2.24) is 0 Å². The van der Waals surface area contributed by atoms with Gasteiger partial charge in [0.25, 0.3) is 5.69 Å². The molecule has 0 aliphatic heterocycles. The first-order valence-electron chi connectivity index (χ1n) is 8.00. The largest absolute Gasteiger partial charge is 0.416 e. The highest BCUT2D eigenvalue weighted by molar-refractivity contribution is 6.74. The molecule has 0 spiro atoms. The smallest absolute Gasteiger partial charge is 0.256 e. The minimum atomic E-state index is -1.65. The normalized spacial score (nSPS) is 11.7. The topological polar surface area (TPSA) is 13.1 Å². The maximum atomic E-state index is 6.14. The lowest BCUT2D eigenvalue weighted by Crippen LogP contribution is -2.40. The van der Waals surface area contributed by atoms with Crippen molar-refractivity contribution in [1.29, 1.82) is 0 Å². The van der Waals surface area contributed by atoms with Crippen LogP contribution in [0.25, 0.3) is 0 Å². The lowest BCUT2D eigenvalue weighted by molar-refractivity contribution is -0.698. The molecule has 0 amide bonds. The van der Waals surface area contributed by atoms with E-state index in [9.17, 15) is 0 Å². The standard InChI is InChI=1S/C19H30NOSi/c1-7-8-15-20-16-11-9-13-18(20)14-10-12-17-21-22(5,6)19(2,3)4/h7,9,11,13,16H,1,8,12,15,17H2,2-6H3/q+1. The van der Waals surface area contributed by atoms with Crippen molar-refractivity contribution in [2.45, 2.75) is 58.3 Å². The highest BCUT2D eigenvalue weighted by atomic mass is 28.4. The molecule has 0 saturated heterocycles. The maximum absolute atomic E-state index is 6.14. The average molecular weight is 317 g/mol. The number of hydrogen-bond donors (Lipinski definition) is 0. The Morgan fingerprint density at radius 1 is 1.32 bits per heavy atom. The number of hydrogen-bond acceptors (Lipinski definition) is 1. The molecule has 1 rings (SSSR count). The number of rotatable bonds is 6. The molecule has 120 valence electrons. The predicted octanol–water partition coefficient (Wildman–Crippen LogP) is 4.31. The summed E-state index contributed by atoms with van der Waals surface area (Å²) in [5, 5.41) is 0.258. The van der Waals surface area contributed by atoms with Crippen molar-refractivity contribution in [2.75, 3.05) is 6.61 Å². The van der Waals surface area contributed by atoms with E-state index in [1.54, 1.807) is 0 Å². The number of aryl methyl sites for hydroxylation is 1. The summed E-state index contributed by atoms with van der Waals surface area (Å²) in [6, 6.07) is 6.13. The average Bonchev–Trinajstić information content (AvgIpc) is 2.44. The summed E-state index contributed by atoms with van der Waals surface area (Å²) in [5.41, 5.74) is 1.05. The zero-order chi connectivity index (χ0) is 16.6. The highest BCUT2D eigenvalue weighted by Gasteiger charge is 2.36. The molecule has 0 aromatic carbocycles. The van der Waals surface area contributed by atoms with Crippen LogP contribution in [-0.2, 0) is 11.0 Å². The second-order valence-corrected chi connectivity index (χ2v) is 11.8. The summed E-state index contributed by atoms with van der Waals surface area (Å²) in [6.45, 7) is 16.8. The minimum Gasteiger partial charge on any atom is -0.416 e. The quantitative estimate of drug-likeness (QED) is 0.250. The molecule has 0 unspecified atom stereocenters. The molecular weight excluding hydrogens is 286 g/mol. The van der Waals surface area contributed by atoms with Crippen LogP contribution in [-0.4, -0.2) is 14.9 Å². The molecular formula is C19H30NOSi+. The van der Waals surface area contributed by atoms with Crippen LogP contribution in [0.1, 0.15) is 39.3 Å². The van der Waals surface area contributed by atoms with E-state index in [4.69, 9.17) is 4.43 Å². The monoisotopic (exact) mass is 316 g/mol. The molecule has 0 bridgehead atoms. The SMILES string of the molecule is C=CCC[n+]1ccccc1C#CCCO[Si](C)(C)C(C)(C)C. The molecule has 0 N–H and O–H groups in total. The van der Waals surface area contributed by atoms with Gasteiger partial charge in [-0.1, -0.05) is 32.8 Å². The van der Waals surface area contributed by atoms with E-state index in [1.165, 1.54) is 0 Å². The van der Waals surface area contributed by atoms with Gasteiger partial charge in [-0.3, -0.25) is 0 Å². The summed E-state index contributed by atoms with van der Waals surface area (Å²) < 4.78 is 8.31. The Kier molecular flexibility index (Phi) is 7.05. The summed E-state index contributed by atoms with van der Waals surface area (Å²) in [6.07, 6.45) is 5.74. The van der Waals surface area contributed by atoms with Gasteiger partial charge in [0.05, 0.1) is 0 Å². The third-order valence-electron chi connectivity index (χ3n) is 4.23. The van der Waals surface area contributed by atoms with Gasteiger partial charge in [0.15, 0.2) is 21.1 Å². The molecule has 2 nitrogen and oxygen atoms in total. The van der Waals surface area contributed by atoms with Crippen molar-refractivity contribution < 1.29 is 8.99 Å².